The van der Waals surface area contributed by atoms with E-state index in [-0.39, 0.29) is 5.91 Å². The van der Waals surface area contributed by atoms with Gasteiger partial charge in [-0.2, -0.15) is 0 Å². The average molecular weight is 415 g/mol. The first-order chi connectivity index (χ1) is 15.2. The topological polar surface area (TPSA) is 64.9 Å². The van der Waals surface area contributed by atoms with Crippen molar-refractivity contribution < 1.29 is 14.3 Å². The number of aromatic nitrogens is 2. The molecule has 0 fully saturated rings. The van der Waals surface area contributed by atoms with Crippen molar-refractivity contribution in [1.29, 1.82) is 0 Å². The van der Waals surface area contributed by atoms with Crippen molar-refractivity contribution in [1.82, 2.24) is 14.7 Å². The highest BCUT2D eigenvalue weighted by molar-refractivity contribution is 5.94. The predicted octanol–water partition coefficient (Wildman–Crippen LogP) is 4.28. The third-order valence-electron chi connectivity index (χ3n) is 4.83. The van der Waals surface area contributed by atoms with Crippen LogP contribution >= 0.6 is 0 Å². The molecule has 0 saturated heterocycles. The molecule has 4 aromatic rings. The van der Waals surface area contributed by atoms with Crippen molar-refractivity contribution in [3.63, 3.8) is 0 Å². The fraction of sp³-hybridized carbons (Fsp3) is 0.200. The summed E-state index contributed by atoms with van der Waals surface area (Å²) in [7, 11) is 0. The van der Waals surface area contributed by atoms with Crippen LogP contribution in [0.1, 0.15) is 28.5 Å². The van der Waals surface area contributed by atoms with Gasteiger partial charge in [-0.1, -0.05) is 30.3 Å². The van der Waals surface area contributed by atoms with Gasteiger partial charge in [-0.25, -0.2) is 4.98 Å². The summed E-state index contributed by atoms with van der Waals surface area (Å²) < 4.78 is 13.3. The maximum Gasteiger partial charge on any atom is 0.251 e. The molecule has 4 rings (SSSR count). The van der Waals surface area contributed by atoms with Crippen LogP contribution in [0.3, 0.4) is 0 Å². The number of nitrogens with zero attached hydrogens (tertiary/aromatic N) is 2. The molecule has 6 heteroatoms. The zero-order valence-corrected chi connectivity index (χ0v) is 17.5. The monoisotopic (exact) mass is 415 g/mol. The fourth-order valence-corrected chi connectivity index (χ4v) is 3.28. The summed E-state index contributed by atoms with van der Waals surface area (Å²) in [4.78, 5) is 17.1. The molecule has 0 aliphatic heterocycles. The van der Waals surface area contributed by atoms with E-state index in [0.717, 1.165) is 28.4 Å². The molecule has 1 amide bonds. The summed E-state index contributed by atoms with van der Waals surface area (Å²) >= 11 is 0. The number of imidazole rings is 1. The first-order valence-corrected chi connectivity index (χ1v) is 10.4. The Morgan fingerprint density at radius 3 is 2.58 bits per heavy atom. The van der Waals surface area contributed by atoms with Crippen molar-refractivity contribution in [2.24, 2.45) is 0 Å². The third kappa shape index (κ3) is 5.22. The third-order valence-corrected chi connectivity index (χ3v) is 4.83. The first-order valence-electron chi connectivity index (χ1n) is 10.4. The minimum Gasteiger partial charge on any atom is -0.490 e. The Labute approximate surface area is 181 Å². The Balaban J connectivity index is 1.29. The molecular weight excluding hydrogens is 390 g/mol. The molecule has 0 spiro atoms. The summed E-state index contributed by atoms with van der Waals surface area (Å²) in [6, 6.07) is 21.0. The van der Waals surface area contributed by atoms with Gasteiger partial charge in [0.25, 0.3) is 5.91 Å². The zero-order chi connectivity index (χ0) is 21.5. The summed E-state index contributed by atoms with van der Waals surface area (Å²) in [5.74, 6) is 1.37. The van der Waals surface area contributed by atoms with Crippen LogP contribution in [-0.2, 0) is 13.0 Å². The van der Waals surface area contributed by atoms with Gasteiger partial charge in [0.1, 0.15) is 12.4 Å². The summed E-state index contributed by atoms with van der Waals surface area (Å²) in [5.41, 5.74) is 3.39. The number of carbonyl (C=O) groups excluding carboxylic acids is 1. The predicted molar refractivity (Wildman–Crippen MR) is 120 cm³/mol. The van der Waals surface area contributed by atoms with Gasteiger partial charge in [0.05, 0.1) is 12.3 Å². The highest BCUT2D eigenvalue weighted by Gasteiger charge is 2.09. The number of ether oxygens (including phenoxy) is 2. The van der Waals surface area contributed by atoms with E-state index in [0.29, 0.717) is 31.7 Å². The van der Waals surface area contributed by atoms with E-state index >= 15 is 0 Å². The Kier molecular flexibility index (Phi) is 6.47. The first kappa shape index (κ1) is 20.5. The second-order valence-electron chi connectivity index (χ2n) is 7.07. The van der Waals surface area contributed by atoms with E-state index in [2.05, 4.69) is 10.3 Å². The molecule has 0 bridgehead atoms. The van der Waals surface area contributed by atoms with Gasteiger partial charge in [0.2, 0.25) is 0 Å². The summed E-state index contributed by atoms with van der Waals surface area (Å²) in [5, 5.41) is 2.95. The van der Waals surface area contributed by atoms with Crippen LogP contribution in [-0.4, -0.2) is 28.4 Å². The minimum atomic E-state index is -0.117. The van der Waals surface area contributed by atoms with Gasteiger partial charge in [0, 0.05) is 30.9 Å². The van der Waals surface area contributed by atoms with Gasteiger partial charge in [-0.3, -0.25) is 4.79 Å². The van der Waals surface area contributed by atoms with Crippen LogP contribution < -0.4 is 14.8 Å². The number of fused-ring (bicyclic) bond motifs is 1. The number of amides is 1. The Morgan fingerprint density at radius 2 is 1.81 bits per heavy atom. The average Bonchev–Trinajstić information content (AvgIpc) is 3.23. The minimum absolute atomic E-state index is 0.117. The molecule has 0 saturated carbocycles. The number of nitrogens with one attached hydrogen (secondary N) is 1. The van der Waals surface area contributed by atoms with E-state index < -0.39 is 0 Å². The second kappa shape index (κ2) is 9.80. The van der Waals surface area contributed by atoms with E-state index in [1.165, 1.54) is 0 Å². The highest BCUT2D eigenvalue weighted by atomic mass is 16.5. The molecule has 0 radical (unpaired) electrons. The largest absolute Gasteiger partial charge is 0.490 e. The Hall–Kier alpha value is -3.80. The van der Waals surface area contributed by atoms with Gasteiger partial charge >= 0.3 is 0 Å². The van der Waals surface area contributed by atoms with Crippen LogP contribution in [0.2, 0.25) is 0 Å². The molecule has 0 atom stereocenters. The maximum absolute atomic E-state index is 12.4. The number of carbonyl (C=O) groups is 1. The molecule has 31 heavy (non-hydrogen) atoms. The molecule has 6 nitrogen and oxygen atoms in total. The quantitative estimate of drug-likeness (QED) is 0.443. The molecular formula is C25H25N3O3. The number of hydrogen-bond donors (Lipinski definition) is 1. The van der Waals surface area contributed by atoms with Crippen LogP contribution in [0.5, 0.6) is 11.5 Å². The maximum atomic E-state index is 12.4. The van der Waals surface area contributed by atoms with Gasteiger partial charge < -0.3 is 19.2 Å². The Bertz CT molecular complexity index is 1140. The van der Waals surface area contributed by atoms with Crippen molar-refractivity contribution >= 4 is 11.6 Å². The molecule has 0 unspecified atom stereocenters. The highest BCUT2D eigenvalue weighted by Crippen LogP contribution is 2.19. The van der Waals surface area contributed by atoms with Crippen molar-refractivity contribution in [3.05, 3.63) is 95.9 Å². The van der Waals surface area contributed by atoms with E-state index in [4.69, 9.17) is 9.47 Å². The van der Waals surface area contributed by atoms with Crippen LogP contribution in [0.25, 0.3) is 5.65 Å². The van der Waals surface area contributed by atoms with Crippen LogP contribution in [0, 0.1) is 0 Å². The lowest BCUT2D eigenvalue weighted by atomic mass is 10.2. The summed E-state index contributed by atoms with van der Waals surface area (Å²) in [6.45, 7) is 3.54. The summed E-state index contributed by atoms with van der Waals surface area (Å²) in [6.07, 6.45) is 4.54. The molecule has 2 aromatic carbocycles. The molecule has 2 heterocycles. The Morgan fingerprint density at radius 1 is 1.00 bits per heavy atom. The smallest absolute Gasteiger partial charge is 0.251 e. The lowest BCUT2D eigenvalue weighted by Crippen LogP contribution is -2.25. The van der Waals surface area contributed by atoms with E-state index in [1.807, 2.05) is 78.3 Å². The number of rotatable bonds is 9. The SMILES string of the molecule is CCOc1cccn2cc(CCNC(=O)c3ccc(OCc4ccccc4)cc3)nc12. The molecule has 0 aliphatic rings. The number of benzene rings is 2. The molecule has 2 aromatic heterocycles. The molecule has 0 aliphatic carbocycles. The van der Waals surface area contributed by atoms with Crippen molar-refractivity contribution in [3.8, 4) is 11.5 Å². The van der Waals surface area contributed by atoms with E-state index in [1.54, 1.807) is 12.1 Å². The number of pyridine rings is 1. The lowest BCUT2D eigenvalue weighted by molar-refractivity contribution is 0.0954. The second-order valence-corrected chi connectivity index (χ2v) is 7.07. The van der Waals surface area contributed by atoms with Crippen LogP contribution in [0.15, 0.2) is 79.1 Å². The lowest BCUT2D eigenvalue weighted by Gasteiger charge is -2.08. The molecule has 1 N–H and O–H groups in total. The normalized spacial score (nSPS) is 10.7. The zero-order valence-electron chi connectivity index (χ0n) is 17.5. The standard InChI is InChI=1S/C25H25N3O3/c1-2-30-23-9-6-16-28-17-21(27-24(23)28)14-15-26-25(29)20-10-12-22(13-11-20)31-18-19-7-4-3-5-8-19/h3-13,16-17H,2,14-15,18H2,1H3,(H,26,29). The van der Waals surface area contributed by atoms with Gasteiger partial charge in [0.15, 0.2) is 11.4 Å². The van der Waals surface area contributed by atoms with Crippen molar-refractivity contribution in [2.45, 2.75) is 20.0 Å². The van der Waals surface area contributed by atoms with E-state index in [9.17, 15) is 4.79 Å². The van der Waals surface area contributed by atoms with Gasteiger partial charge in [-0.05, 0) is 48.9 Å². The number of hydrogen-bond acceptors (Lipinski definition) is 4. The molecule has 158 valence electrons. The fourth-order valence-electron chi connectivity index (χ4n) is 3.28. The van der Waals surface area contributed by atoms with Crippen molar-refractivity contribution in [2.75, 3.05) is 13.2 Å². The van der Waals surface area contributed by atoms with Gasteiger partial charge in [-0.15, -0.1) is 0 Å². The van der Waals surface area contributed by atoms with Crippen LogP contribution in [0.4, 0.5) is 0 Å².